The van der Waals surface area contributed by atoms with Crippen LogP contribution in [-0.4, -0.2) is 23.4 Å². The van der Waals surface area contributed by atoms with Gasteiger partial charge in [-0.2, -0.15) is 0 Å². The van der Waals surface area contributed by atoms with Crippen LogP contribution in [0.4, 0.5) is 0 Å². The number of ether oxygens (including phenoxy) is 1. The monoisotopic (exact) mass is 363 g/mol. The molecule has 0 bridgehead atoms. The fourth-order valence-electron chi connectivity index (χ4n) is 2.35. The lowest BCUT2D eigenvalue weighted by atomic mass is 10.1. The maximum atomic E-state index is 11.8. The Bertz CT molecular complexity index is 982. The van der Waals surface area contributed by atoms with Crippen LogP contribution in [0.5, 0.6) is 5.75 Å². The van der Waals surface area contributed by atoms with Gasteiger partial charge in [-0.1, -0.05) is 42.5 Å². The largest absolute Gasteiger partial charge is 0.484 e. The number of H-pyrrole nitrogens is 1. The first kappa shape index (κ1) is 17.9. The van der Waals surface area contributed by atoms with Crippen molar-refractivity contribution >= 4 is 11.8 Å². The maximum Gasteiger partial charge on any atom is 0.276 e. The molecular formula is C20H17N3O4. The molecule has 0 saturated heterocycles. The van der Waals surface area contributed by atoms with Crippen LogP contribution >= 0.6 is 0 Å². The summed E-state index contributed by atoms with van der Waals surface area (Å²) in [5.74, 6) is -0.740. The third kappa shape index (κ3) is 4.82. The summed E-state index contributed by atoms with van der Waals surface area (Å²) in [4.78, 5) is 37.5. The molecule has 0 atom stereocenters. The van der Waals surface area contributed by atoms with Gasteiger partial charge in [0.25, 0.3) is 17.4 Å². The lowest BCUT2D eigenvalue weighted by molar-refractivity contribution is -0.123. The third-order valence-electron chi connectivity index (χ3n) is 3.71. The predicted molar refractivity (Wildman–Crippen MR) is 100 cm³/mol. The average molecular weight is 363 g/mol. The highest BCUT2D eigenvalue weighted by molar-refractivity contribution is 5.95. The van der Waals surface area contributed by atoms with Crippen LogP contribution in [0, 0.1) is 0 Å². The molecule has 0 aliphatic carbocycles. The fraction of sp³-hybridized carbons (Fsp3) is 0.0500. The van der Waals surface area contributed by atoms with Crippen molar-refractivity contribution in [3.8, 4) is 16.9 Å². The van der Waals surface area contributed by atoms with Crippen LogP contribution in [-0.2, 0) is 4.79 Å². The van der Waals surface area contributed by atoms with Crippen molar-refractivity contribution in [2.75, 3.05) is 6.61 Å². The SMILES string of the molecule is O=C(COc1ccc(-c2ccccc2)cc1)NNC(=O)c1ccc[nH]c1=O. The van der Waals surface area contributed by atoms with Gasteiger partial charge in [-0.05, 0) is 35.4 Å². The number of aromatic amines is 1. The van der Waals surface area contributed by atoms with Gasteiger partial charge in [0.2, 0.25) is 0 Å². The van der Waals surface area contributed by atoms with Crippen LogP contribution < -0.4 is 21.1 Å². The van der Waals surface area contributed by atoms with Gasteiger partial charge in [-0.25, -0.2) is 0 Å². The van der Waals surface area contributed by atoms with E-state index in [4.69, 9.17) is 4.74 Å². The number of hydrogen-bond acceptors (Lipinski definition) is 4. The van der Waals surface area contributed by atoms with Gasteiger partial charge >= 0.3 is 0 Å². The Morgan fingerprint density at radius 3 is 2.26 bits per heavy atom. The lowest BCUT2D eigenvalue weighted by Crippen LogP contribution is -2.45. The zero-order valence-electron chi connectivity index (χ0n) is 14.3. The van der Waals surface area contributed by atoms with Gasteiger partial charge in [-0.3, -0.25) is 25.2 Å². The van der Waals surface area contributed by atoms with Crippen LogP contribution in [0.1, 0.15) is 10.4 Å². The molecule has 27 heavy (non-hydrogen) atoms. The van der Waals surface area contributed by atoms with Crippen LogP contribution in [0.25, 0.3) is 11.1 Å². The second-order valence-electron chi connectivity index (χ2n) is 5.59. The van der Waals surface area contributed by atoms with Crippen molar-refractivity contribution < 1.29 is 14.3 Å². The van der Waals surface area contributed by atoms with Crippen molar-refractivity contribution in [3.05, 3.63) is 88.8 Å². The number of hydrogen-bond donors (Lipinski definition) is 3. The summed E-state index contributed by atoms with van der Waals surface area (Å²) < 4.78 is 5.39. The summed E-state index contributed by atoms with van der Waals surface area (Å²) in [5, 5.41) is 0. The first-order valence-corrected chi connectivity index (χ1v) is 8.18. The normalized spacial score (nSPS) is 10.1. The summed E-state index contributed by atoms with van der Waals surface area (Å²) >= 11 is 0. The van der Waals surface area contributed by atoms with Gasteiger partial charge in [0.15, 0.2) is 6.61 Å². The van der Waals surface area contributed by atoms with Crippen LogP contribution in [0.15, 0.2) is 77.7 Å². The van der Waals surface area contributed by atoms with E-state index in [9.17, 15) is 14.4 Å². The van der Waals surface area contributed by atoms with E-state index >= 15 is 0 Å². The van der Waals surface area contributed by atoms with Crippen LogP contribution in [0.2, 0.25) is 0 Å². The predicted octanol–water partition coefficient (Wildman–Crippen LogP) is 1.88. The Morgan fingerprint density at radius 2 is 1.56 bits per heavy atom. The number of hydrazine groups is 1. The number of pyridine rings is 1. The Hall–Kier alpha value is -3.87. The van der Waals surface area contributed by atoms with E-state index in [2.05, 4.69) is 15.8 Å². The quantitative estimate of drug-likeness (QED) is 0.603. The number of carbonyl (C=O) groups excluding carboxylic acids is 2. The molecule has 0 aliphatic rings. The van der Waals surface area contributed by atoms with E-state index in [1.54, 1.807) is 12.1 Å². The summed E-state index contributed by atoms with van der Waals surface area (Å²) in [5.41, 5.74) is 5.84. The Kier molecular flexibility index (Phi) is 5.64. The summed E-state index contributed by atoms with van der Waals surface area (Å²) in [6.07, 6.45) is 1.41. The second kappa shape index (κ2) is 8.48. The molecule has 7 heteroatoms. The van der Waals surface area contributed by atoms with Gasteiger partial charge in [-0.15, -0.1) is 0 Å². The molecule has 3 rings (SSSR count). The first-order valence-electron chi connectivity index (χ1n) is 8.18. The second-order valence-corrected chi connectivity index (χ2v) is 5.59. The minimum atomic E-state index is -0.711. The van der Waals surface area contributed by atoms with Crippen molar-refractivity contribution in [2.24, 2.45) is 0 Å². The maximum absolute atomic E-state index is 11.8. The first-order chi connectivity index (χ1) is 13.1. The average Bonchev–Trinajstić information content (AvgIpc) is 2.72. The zero-order chi connectivity index (χ0) is 19.1. The summed E-state index contributed by atoms with van der Waals surface area (Å²) in [6.45, 7) is -0.282. The molecule has 0 spiro atoms. The molecule has 0 radical (unpaired) electrons. The minimum Gasteiger partial charge on any atom is -0.484 e. The van der Waals surface area contributed by atoms with Gasteiger partial charge in [0.1, 0.15) is 11.3 Å². The molecule has 0 aliphatic heterocycles. The molecule has 136 valence electrons. The molecule has 1 heterocycles. The molecule has 0 unspecified atom stereocenters. The molecular weight excluding hydrogens is 346 g/mol. The van der Waals surface area contributed by atoms with Crippen molar-refractivity contribution in [2.45, 2.75) is 0 Å². The zero-order valence-corrected chi connectivity index (χ0v) is 14.3. The summed E-state index contributed by atoms with van der Waals surface area (Å²) in [7, 11) is 0. The van der Waals surface area contributed by atoms with Gasteiger partial charge in [0.05, 0.1) is 0 Å². The van der Waals surface area contributed by atoms with Gasteiger partial charge in [0, 0.05) is 6.20 Å². The molecule has 3 N–H and O–H groups in total. The number of benzene rings is 2. The van der Waals surface area contributed by atoms with E-state index in [0.717, 1.165) is 11.1 Å². The molecule has 7 nitrogen and oxygen atoms in total. The van der Waals surface area contributed by atoms with E-state index in [1.165, 1.54) is 18.3 Å². The van der Waals surface area contributed by atoms with Gasteiger partial charge < -0.3 is 9.72 Å². The molecule has 0 fully saturated rings. The number of aromatic nitrogens is 1. The molecule has 2 aromatic carbocycles. The smallest absolute Gasteiger partial charge is 0.276 e. The summed E-state index contributed by atoms with van der Waals surface area (Å²) in [6, 6.07) is 20.1. The van der Waals surface area contributed by atoms with E-state index in [0.29, 0.717) is 5.75 Å². The van der Waals surface area contributed by atoms with Crippen molar-refractivity contribution in [1.82, 2.24) is 15.8 Å². The highest BCUT2D eigenvalue weighted by Gasteiger charge is 2.11. The minimum absolute atomic E-state index is 0.102. The number of nitrogens with one attached hydrogen (secondary N) is 3. The molecule has 3 aromatic rings. The number of rotatable bonds is 5. The topological polar surface area (TPSA) is 100 Å². The van der Waals surface area contributed by atoms with E-state index < -0.39 is 17.4 Å². The highest BCUT2D eigenvalue weighted by Crippen LogP contribution is 2.21. The highest BCUT2D eigenvalue weighted by atomic mass is 16.5. The number of amides is 2. The fourth-order valence-corrected chi connectivity index (χ4v) is 2.35. The van der Waals surface area contributed by atoms with Crippen molar-refractivity contribution in [3.63, 3.8) is 0 Å². The van der Waals surface area contributed by atoms with E-state index in [1.807, 2.05) is 42.5 Å². The molecule has 2 amide bonds. The molecule has 0 saturated carbocycles. The third-order valence-corrected chi connectivity index (χ3v) is 3.71. The van der Waals surface area contributed by atoms with E-state index in [-0.39, 0.29) is 12.2 Å². The molecule has 1 aromatic heterocycles. The number of carbonyl (C=O) groups is 2. The standard InChI is InChI=1S/C20H17N3O4/c24-18(22-23-20(26)17-7-4-12-21-19(17)25)13-27-16-10-8-15(9-11-16)14-5-2-1-3-6-14/h1-12H,13H2,(H,21,25)(H,22,24)(H,23,26). The van der Waals surface area contributed by atoms with Crippen molar-refractivity contribution in [1.29, 1.82) is 0 Å². The van der Waals surface area contributed by atoms with Crippen LogP contribution in [0.3, 0.4) is 0 Å². The lowest BCUT2D eigenvalue weighted by Gasteiger charge is -2.09. The Labute approximate surface area is 155 Å². The Balaban J connectivity index is 1.48. The Morgan fingerprint density at radius 1 is 0.852 bits per heavy atom.